The molecule has 2 fully saturated rings. The first-order valence-corrected chi connectivity index (χ1v) is 6.75. The molecule has 0 amide bonds. The van der Waals surface area contributed by atoms with Gasteiger partial charge in [-0.1, -0.05) is 6.07 Å². The molecule has 0 saturated heterocycles. The first kappa shape index (κ1) is 13.1. The van der Waals surface area contributed by atoms with E-state index in [0.29, 0.717) is 17.4 Å². The van der Waals surface area contributed by atoms with Crippen molar-refractivity contribution in [3.8, 4) is 0 Å². The van der Waals surface area contributed by atoms with Crippen molar-refractivity contribution in [2.45, 2.75) is 31.7 Å². The predicted octanol–water partition coefficient (Wildman–Crippen LogP) is 2.37. The number of hydrogen-bond donors (Lipinski definition) is 2. The lowest BCUT2D eigenvalue weighted by molar-refractivity contribution is 0.755. The molecule has 2 aliphatic carbocycles. The summed E-state index contributed by atoms with van der Waals surface area (Å²) in [6, 6.07) is 4.84. The van der Waals surface area contributed by atoms with Gasteiger partial charge in [0, 0.05) is 23.9 Å². The van der Waals surface area contributed by atoms with Gasteiger partial charge >= 0.3 is 0 Å². The van der Waals surface area contributed by atoms with Crippen molar-refractivity contribution in [1.29, 1.82) is 0 Å². The third-order valence-corrected chi connectivity index (χ3v) is 4.56. The van der Waals surface area contributed by atoms with E-state index < -0.39 is 0 Å². The Labute approximate surface area is 123 Å². The molecule has 2 saturated carbocycles. The van der Waals surface area contributed by atoms with Gasteiger partial charge in [0.1, 0.15) is 0 Å². The number of thiophene rings is 1. The molecule has 0 aliphatic heterocycles. The van der Waals surface area contributed by atoms with Crippen molar-refractivity contribution < 1.29 is 0 Å². The highest BCUT2D eigenvalue weighted by molar-refractivity contribution is 14.0. The largest absolute Gasteiger partial charge is 0.370 e. The van der Waals surface area contributed by atoms with Crippen LogP contribution in [0.1, 0.15) is 24.1 Å². The highest BCUT2D eigenvalue weighted by Gasteiger charge is 2.63. The second-order valence-electron chi connectivity index (χ2n) is 4.86. The van der Waals surface area contributed by atoms with Crippen LogP contribution in [0, 0.1) is 5.41 Å². The standard InChI is InChI=1S/C12H17N3S.HI/c13-11(15-10-8-12(10)4-5-12)14-6-3-9-2-1-7-16-9;/h1-2,7,10H,3-6,8H2,(H3,13,14,15);1H. The van der Waals surface area contributed by atoms with Crippen LogP contribution < -0.4 is 11.1 Å². The Kier molecular flexibility index (Phi) is 3.97. The maximum absolute atomic E-state index is 5.85. The Bertz CT molecular complexity index is 398. The van der Waals surface area contributed by atoms with E-state index in [1.54, 1.807) is 11.3 Å². The second kappa shape index (κ2) is 5.14. The lowest BCUT2D eigenvalue weighted by atomic mass is 10.3. The monoisotopic (exact) mass is 363 g/mol. The summed E-state index contributed by atoms with van der Waals surface area (Å²) in [5.41, 5.74) is 6.49. The molecule has 0 radical (unpaired) electrons. The molecule has 1 spiro atoms. The first-order chi connectivity index (χ1) is 7.78. The predicted molar refractivity (Wildman–Crippen MR) is 83.1 cm³/mol. The Morgan fingerprint density at radius 2 is 2.41 bits per heavy atom. The molecular formula is C12H18IN3S. The van der Waals surface area contributed by atoms with Crippen LogP contribution in [0.25, 0.3) is 0 Å². The molecule has 1 aromatic heterocycles. The molecule has 3 rings (SSSR count). The van der Waals surface area contributed by atoms with E-state index >= 15 is 0 Å². The molecule has 1 unspecified atom stereocenters. The van der Waals surface area contributed by atoms with Gasteiger partial charge in [-0.2, -0.15) is 0 Å². The topological polar surface area (TPSA) is 50.4 Å². The third kappa shape index (κ3) is 3.13. The molecule has 94 valence electrons. The summed E-state index contributed by atoms with van der Waals surface area (Å²) in [5.74, 6) is 0.630. The average Bonchev–Trinajstić information content (AvgIpc) is 3.10. The van der Waals surface area contributed by atoms with E-state index in [9.17, 15) is 0 Å². The number of aliphatic imine (C=N–C) groups is 1. The van der Waals surface area contributed by atoms with E-state index in [0.717, 1.165) is 13.0 Å². The molecule has 0 aromatic carbocycles. The van der Waals surface area contributed by atoms with Gasteiger partial charge in [0.15, 0.2) is 5.96 Å². The van der Waals surface area contributed by atoms with Gasteiger partial charge in [-0.05, 0) is 36.1 Å². The van der Waals surface area contributed by atoms with Crippen molar-refractivity contribution in [2.75, 3.05) is 6.54 Å². The van der Waals surface area contributed by atoms with Crippen LogP contribution in [-0.2, 0) is 6.42 Å². The van der Waals surface area contributed by atoms with Gasteiger partial charge in [0.25, 0.3) is 0 Å². The first-order valence-electron chi connectivity index (χ1n) is 5.87. The Balaban J connectivity index is 0.00000108. The Hall–Kier alpha value is -0.300. The van der Waals surface area contributed by atoms with Crippen molar-refractivity contribution in [3.05, 3.63) is 22.4 Å². The molecule has 17 heavy (non-hydrogen) atoms. The number of halogens is 1. The van der Waals surface area contributed by atoms with Crippen LogP contribution in [0.5, 0.6) is 0 Å². The summed E-state index contributed by atoms with van der Waals surface area (Å²) in [4.78, 5) is 5.74. The minimum absolute atomic E-state index is 0. The van der Waals surface area contributed by atoms with E-state index in [2.05, 4.69) is 27.8 Å². The van der Waals surface area contributed by atoms with Gasteiger partial charge in [-0.3, -0.25) is 4.99 Å². The van der Waals surface area contributed by atoms with E-state index in [-0.39, 0.29) is 24.0 Å². The van der Waals surface area contributed by atoms with Crippen molar-refractivity contribution in [3.63, 3.8) is 0 Å². The highest BCUT2D eigenvalue weighted by atomic mass is 127. The van der Waals surface area contributed by atoms with Crippen LogP contribution in [0.15, 0.2) is 22.5 Å². The maximum Gasteiger partial charge on any atom is 0.188 e. The fraction of sp³-hybridized carbons (Fsp3) is 0.583. The van der Waals surface area contributed by atoms with Gasteiger partial charge in [0.05, 0.1) is 0 Å². The summed E-state index contributed by atoms with van der Waals surface area (Å²) in [6.45, 7) is 0.791. The summed E-state index contributed by atoms with van der Waals surface area (Å²) >= 11 is 1.78. The van der Waals surface area contributed by atoms with Gasteiger partial charge in [-0.25, -0.2) is 0 Å². The normalized spacial score (nSPS) is 24.2. The van der Waals surface area contributed by atoms with E-state index in [1.807, 2.05) is 0 Å². The van der Waals surface area contributed by atoms with Crippen molar-refractivity contribution in [2.24, 2.45) is 16.1 Å². The molecule has 1 atom stereocenters. The molecular weight excluding hydrogens is 345 g/mol. The number of hydrogen-bond acceptors (Lipinski definition) is 2. The van der Waals surface area contributed by atoms with Gasteiger partial charge in [0.2, 0.25) is 0 Å². The number of rotatable bonds is 4. The molecule has 3 N–H and O–H groups in total. The fourth-order valence-corrected chi connectivity index (χ4v) is 2.93. The molecule has 3 nitrogen and oxygen atoms in total. The van der Waals surface area contributed by atoms with E-state index in [4.69, 9.17) is 5.73 Å². The molecule has 2 aliphatic rings. The highest BCUT2D eigenvalue weighted by Crippen LogP contribution is 2.65. The van der Waals surface area contributed by atoms with Crippen LogP contribution in [0.4, 0.5) is 0 Å². The summed E-state index contributed by atoms with van der Waals surface area (Å²) in [6.07, 6.45) is 5.06. The van der Waals surface area contributed by atoms with Crippen LogP contribution >= 0.6 is 35.3 Å². The summed E-state index contributed by atoms with van der Waals surface area (Å²) in [5, 5.41) is 5.42. The van der Waals surface area contributed by atoms with Crippen LogP contribution in [0.3, 0.4) is 0 Å². The van der Waals surface area contributed by atoms with E-state index in [1.165, 1.54) is 24.1 Å². The quantitative estimate of drug-likeness (QED) is 0.490. The van der Waals surface area contributed by atoms with Crippen LogP contribution in [0.2, 0.25) is 0 Å². The maximum atomic E-state index is 5.85. The number of guanidine groups is 1. The number of nitrogens with one attached hydrogen (secondary N) is 1. The SMILES string of the molecule is I.NC(=NCCc1cccs1)NC1CC12CC2. The second-order valence-corrected chi connectivity index (χ2v) is 5.89. The zero-order valence-corrected chi connectivity index (χ0v) is 12.8. The van der Waals surface area contributed by atoms with Crippen LogP contribution in [-0.4, -0.2) is 18.5 Å². The minimum atomic E-state index is 0. The lowest BCUT2D eigenvalue weighted by Gasteiger charge is -2.03. The molecule has 1 heterocycles. The van der Waals surface area contributed by atoms with Crippen molar-refractivity contribution >= 4 is 41.3 Å². The molecule has 5 heteroatoms. The Morgan fingerprint density at radius 3 is 3.00 bits per heavy atom. The summed E-state index contributed by atoms with van der Waals surface area (Å²) in [7, 11) is 0. The zero-order valence-electron chi connectivity index (χ0n) is 9.69. The molecule has 0 bridgehead atoms. The van der Waals surface area contributed by atoms with Gasteiger partial charge < -0.3 is 11.1 Å². The molecule has 1 aromatic rings. The van der Waals surface area contributed by atoms with Crippen molar-refractivity contribution in [1.82, 2.24) is 5.32 Å². The Morgan fingerprint density at radius 1 is 1.59 bits per heavy atom. The lowest BCUT2D eigenvalue weighted by Crippen LogP contribution is -2.34. The summed E-state index contributed by atoms with van der Waals surface area (Å²) < 4.78 is 0. The average molecular weight is 363 g/mol. The number of nitrogens with two attached hydrogens (primary N) is 1. The fourth-order valence-electron chi connectivity index (χ4n) is 2.23. The number of nitrogens with zero attached hydrogens (tertiary/aromatic N) is 1. The van der Waals surface area contributed by atoms with Gasteiger partial charge in [-0.15, -0.1) is 35.3 Å². The third-order valence-electron chi connectivity index (χ3n) is 3.62. The zero-order chi connectivity index (χ0) is 11.0. The smallest absolute Gasteiger partial charge is 0.188 e. The minimum Gasteiger partial charge on any atom is -0.370 e.